The lowest BCUT2D eigenvalue weighted by atomic mass is 10.4. The van der Waals surface area contributed by atoms with E-state index < -0.39 is 0 Å². The molecule has 0 saturated carbocycles. The van der Waals surface area contributed by atoms with E-state index in [1.54, 1.807) is 6.92 Å². The first-order valence-corrected chi connectivity index (χ1v) is 3.86. The molecular formula is C6H12N4OS. The van der Waals surface area contributed by atoms with Crippen LogP contribution in [0, 0.1) is 0 Å². The highest BCUT2D eigenvalue weighted by Gasteiger charge is 2.02. The fourth-order valence-electron chi connectivity index (χ4n) is 0.478. The molecule has 0 aromatic heterocycles. The third-order valence-corrected chi connectivity index (χ3v) is 1.09. The zero-order chi connectivity index (χ0) is 9.56. The van der Waals surface area contributed by atoms with Gasteiger partial charge in [-0.25, -0.2) is 0 Å². The molecule has 0 spiro atoms. The fourth-order valence-corrected chi connectivity index (χ4v) is 0.524. The molecule has 0 heterocycles. The predicted octanol–water partition coefficient (Wildman–Crippen LogP) is -0.668. The minimum atomic E-state index is -0.235. The molecule has 4 N–H and O–H groups in total. The second kappa shape index (κ2) is 5.48. The first kappa shape index (κ1) is 10.8. The Hall–Kier alpha value is -1.17. The minimum Gasteiger partial charge on any atom is -0.375 e. The molecule has 0 aromatic rings. The van der Waals surface area contributed by atoms with Crippen LogP contribution in [-0.2, 0) is 4.79 Å². The third kappa shape index (κ3) is 4.62. The molecular weight excluding hydrogens is 176 g/mol. The lowest BCUT2D eigenvalue weighted by Gasteiger charge is -2.00. The van der Waals surface area contributed by atoms with Crippen LogP contribution in [0.15, 0.2) is 5.10 Å². The van der Waals surface area contributed by atoms with Gasteiger partial charge < -0.3 is 11.1 Å². The van der Waals surface area contributed by atoms with Gasteiger partial charge in [0.1, 0.15) is 5.71 Å². The summed E-state index contributed by atoms with van der Waals surface area (Å²) in [7, 11) is 0. The van der Waals surface area contributed by atoms with Gasteiger partial charge in [-0.05, 0) is 26.1 Å². The van der Waals surface area contributed by atoms with Crippen LogP contribution in [0.1, 0.15) is 13.8 Å². The van der Waals surface area contributed by atoms with Gasteiger partial charge in [-0.15, -0.1) is 0 Å². The average molecular weight is 188 g/mol. The van der Waals surface area contributed by atoms with Crippen LogP contribution >= 0.6 is 12.2 Å². The Bertz CT molecular complexity index is 214. The smallest absolute Gasteiger partial charge is 0.267 e. The highest BCUT2D eigenvalue weighted by Crippen LogP contribution is 1.75. The predicted molar refractivity (Wildman–Crippen MR) is 51.7 cm³/mol. The molecule has 0 aliphatic rings. The SMILES string of the molecule is CCNC(=O)/C(C)=N/NC(N)=S. The van der Waals surface area contributed by atoms with Crippen molar-refractivity contribution in [3.8, 4) is 0 Å². The Balaban J connectivity index is 3.99. The van der Waals surface area contributed by atoms with Crippen LogP contribution in [0.4, 0.5) is 0 Å². The van der Waals surface area contributed by atoms with E-state index in [-0.39, 0.29) is 11.0 Å². The maximum atomic E-state index is 11.0. The maximum absolute atomic E-state index is 11.0. The molecule has 0 aromatic carbocycles. The number of thiocarbonyl (C=S) groups is 1. The molecule has 12 heavy (non-hydrogen) atoms. The van der Waals surface area contributed by atoms with Gasteiger partial charge in [0.25, 0.3) is 5.91 Å². The van der Waals surface area contributed by atoms with E-state index in [4.69, 9.17) is 5.73 Å². The lowest BCUT2D eigenvalue weighted by molar-refractivity contribution is -0.114. The summed E-state index contributed by atoms with van der Waals surface area (Å²) in [4.78, 5) is 11.0. The van der Waals surface area contributed by atoms with Gasteiger partial charge in [-0.3, -0.25) is 10.2 Å². The summed E-state index contributed by atoms with van der Waals surface area (Å²) in [5, 5.41) is 6.25. The van der Waals surface area contributed by atoms with E-state index in [0.29, 0.717) is 12.3 Å². The normalized spacial score (nSPS) is 10.7. The van der Waals surface area contributed by atoms with Crippen LogP contribution in [0.25, 0.3) is 0 Å². The van der Waals surface area contributed by atoms with Gasteiger partial charge in [-0.1, -0.05) is 0 Å². The van der Waals surface area contributed by atoms with Crippen molar-refractivity contribution in [1.29, 1.82) is 0 Å². The first-order valence-electron chi connectivity index (χ1n) is 3.45. The molecule has 0 aliphatic heterocycles. The number of carbonyl (C=O) groups excluding carboxylic acids is 1. The van der Waals surface area contributed by atoms with E-state index in [2.05, 4.69) is 28.1 Å². The summed E-state index contributed by atoms with van der Waals surface area (Å²) in [6, 6.07) is 0. The number of hydrogen-bond donors (Lipinski definition) is 3. The molecule has 0 radical (unpaired) electrons. The zero-order valence-corrected chi connectivity index (χ0v) is 7.86. The van der Waals surface area contributed by atoms with Crippen LogP contribution in [-0.4, -0.2) is 23.3 Å². The maximum Gasteiger partial charge on any atom is 0.267 e. The van der Waals surface area contributed by atoms with Gasteiger partial charge in [0, 0.05) is 6.54 Å². The fraction of sp³-hybridized carbons (Fsp3) is 0.500. The van der Waals surface area contributed by atoms with Gasteiger partial charge in [0.2, 0.25) is 0 Å². The van der Waals surface area contributed by atoms with Crippen LogP contribution < -0.4 is 16.5 Å². The van der Waals surface area contributed by atoms with Crippen molar-refractivity contribution in [2.24, 2.45) is 10.8 Å². The number of nitrogens with one attached hydrogen (secondary N) is 2. The number of amides is 1. The molecule has 6 heteroatoms. The number of nitrogens with zero attached hydrogens (tertiary/aromatic N) is 1. The molecule has 0 fully saturated rings. The lowest BCUT2D eigenvalue weighted by Crippen LogP contribution is -2.32. The van der Waals surface area contributed by atoms with E-state index in [1.165, 1.54) is 0 Å². The number of hydrogen-bond acceptors (Lipinski definition) is 3. The zero-order valence-electron chi connectivity index (χ0n) is 7.05. The molecule has 0 bridgehead atoms. The summed E-state index contributed by atoms with van der Waals surface area (Å²) in [5.74, 6) is -0.235. The van der Waals surface area contributed by atoms with E-state index in [1.807, 2.05) is 6.92 Å². The van der Waals surface area contributed by atoms with Crippen molar-refractivity contribution < 1.29 is 4.79 Å². The topological polar surface area (TPSA) is 79.5 Å². The van der Waals surface area contributed by atoms with Crippen LogP contribution in [0.2, 0.25) is 0 Å². The molecule has 0 atom stereocenters. The van der Waals surface area contributed by atoms with E-state index >= 15 is 0 Å². The highest BCUT2D eigenvalue weighted by atomic mass is 32.1. The second-order valence-electron chi connectivity index (χ2n) is 2.03. The Morgan fingerprint density at radius 1 is 1.67 bits per heavy atom. The number of carbonyl (C=O) groups is 1. The van der Waals surface area contributed by atoms with Gasteiger partial charge >= 0.3 is 0 Å². The number of rotatable bonds is 3. The minimum absolute atomic E-state index is 0.0404. The Labute approximate surface area is 76.4 Å². The van der Waals surface area contributed by atoms with Crippen molar-refractivity contribution in [2.45, 2.75) is 13.8 Å². The van der Waals surface area contributed by atoms with Crippen molar-refractivity contribution in [3.05, 3.63) is 0 Å². The van der Waals surface area contributed by atoms with E-state index in [9.17, 15) is 4.79 Å². The molecule has 68 valence electrons. The number of nitrogens with two attached hydrogens (primary N) is 1. The number of hydrazone groups is 1. The van der Waals surface area contributed by atoms with Crippen molar-refractivity contribution in [1.82, 2.24) is 10.7 Å². The highest BCUT2D eigenvalue weighted by molar-refractivity contribution is 7.80. The molecule has 0 rings (SSSR count). The van der Waals surface area contributed by atoms with E-state index in [0.717, 1.165) is 0 Å². The van der Waals surface area contributed by atoms with Gasteiger partial charge in [-0.2, -0.15) is 5.10 Å². The Morgan fingerprint density at radius 3 is 2.67 bits per heavy atom. The van der Waals surface area contributed by atoms with Crippen molar-refractivity contribution in [3.63, 3.8) is 0 Å². The summed E-state index contributed by atoms with van der Waals surface area (Å²) in [5.41, 5.74) is 7.71. The Kier molecular flexibility index (Phi) is 4.94. The van der Waals surface area contributed by atoms with Crippen molar-refractivity contribution in [2.75, 3.05) is 6.54 Å². The summed E-state index contributed by atoms with van der Waals surface area (Å²) < 4.78 is 0. The quantitative estimate of drug-likeness (QED) is 0.312. The summed E-state index contributed by atoms with van der Waals surface area (Å²) >= 11 is 4.49. The van der Waals surface area contributed by atoms with Crippen LogP contribution in [0.3, 0.4) is 0 Å². The third-order valence-electron chi connectivity index (χ3n) is 1.000. The van der Waals surface area contributed by atoms with Crippen LogP contribution in [0.5, 0.6) is 0 Å². The molecule has 0 saturated heterocycles. The molecule has 0 aliphatic carbocycles. The standard InChI is InChI=1S/C6H12N4OS/c1-3-8-5(11)4(2)9-10-6(7)12/h3H2,1-2H3,(H,8,11)(H3,7,10,12)/b9-4+. The second-order valence-corrected chi connectivity index (χ2v) is 2.47. The molecule has 0 unspecified atom stereocenters. The average Bonchev–Trinajstić information content (AvgIpc) is 2.00. The summed E-state index contributed by atoms with van der Waals surface area (Å²) in [6.45, 7) is 3.96. The van der Waals surface area contributed by atoms with Gasteiger partial charge in [0.05, 0.1) is 0 Å². The first-order chi connectivity index (χ1) is 5.57. The summed E-state index contributed by atoms with van der Waals surface area (Å²) in [6.07, 6.45) is 0. The van der Waals surface area contributed by atoms with Crippen molar-refractivity contribution >= 4 is 28.9 Å². The molecule has 5 nitrogen and oxygen atoms in total. The van der Waals surface area contributed by atoms with Gasteiger partial charge in [0.15, 0.2) is 5.11 Å². The monoisotopic (exact) mass is 188 g/mol. The largest absolute Gasteiger partial charge is 0.375 e. The molecule has 1 amide bonds. The Morgan fingerprint density at radius 2 is 2.25 bits per heavy atom.